The highest BCUT2D eigenvalue weighted by Crippen LogP contribution is 2.21. The van der Waals surface area contributed by atoms with Gasteiger partial charge in [-0.15, -0.1) is 0 Å². The molecule has 1 fully saturated rings. The second kappa shape index (κ2) is 4.78. The van der Waals surface area contributed by atoms with Gasteiger partial charge in [0.15, 0.2) is 0 Å². The molecule has 0 saturated carbocycles. The van der Waals surface area contributed by atoms with Crippen molar-refractivity contribution in [1.82, 2.24) is 9.97 Å². The molecule has 0 bridgehead atoms. The summed E-state index contributed by atoms with van der Waals surface area (Å²) in [6, 6.07) is 5.80. The number of methoxy groups -OCH3 is 1. The van der Waals surface area contributed by atoms with Crippen LogP contribution in [-0.2, 0) is 4.74 Å². The van der Waals surface area contributed by atoms with Crippen molar-refractivity contribution in [2.75, 3.05) is 38.3 Å². The van der Waals surface area contributed by atoms with E-state index in [0.29, 0.717) is 5.88 Å². The van der Waals surface area contributed by atoms with Crippen LogP contribution in [0.4, 0.5) is 5.69 Å². The molecule has 94 valence electrons. The Morgan fingerprint density at radius 2 is 2.06 bits per heavy atom. The van der Waals surface area contributed by atoms with Gasteiger partial charge in [0.2, 0.25) is 5.88 Å². The minimum Gasteiger partial charge on any atom is -0.481 e. The molecule has 1 aliphatic heterocycles. The van der Waals surface area contributed by atoms with E-state index in [1.54, 1.807) is 7.11 Å². The molecule has 5 heteroatoms. The fourth-order valence-corrected chi connectivity index (χ4v) is 2.09. The van der Waals surface area contributed by atoms with Crippen molar-refractivity contribution in [3.8, 4) is 5.88 Å². The first-order chi connectivity index (χ1) is 8.86. The Labute approximate surface area is 105 Å². The fourth-order valence-electron chi connectivity index (χ4n) is 2.09. The molecule has 18 heavy (non-hydrogen) atoms. The predicted octanol–water partition coefficient (Wildman–Crippen LogP) is 1.47. The molecule has 0 N–H and O–H groups in total. The van der Waals surface area contributed by atoms with Crippen LogP contribution in [0.15, 0.2) is 24.4 Å². The number of ether oxygens (including phenoxy) is 2. The normalized spacial score (nSPS) is 15.9. The van der Waals surface area contributed by atoms with Crippen molar-refractivity contribution in [3.05, 3.63) is 24.4 Å². The topological polar surface area (TPSA) is 47.5 Å². The molecule has 0 unspecified atom stereocenters. The first kappa shape index (κ1) is 11.2. The molecule has 1 aliphatic rings. The van der Waals surface area contributed by atoms with Crippen LogP contribution in [0.5, 0.6) is 5.88 Å². The maximum Gasteiger partial charge on any atom is 0.213 e. The Bertz CT molecular complexity index is 553. The number of pyridine rings is 2. The Morgan fingerprint density at radius 3 is 2.83 bits per heavy atom. The highest BCUT2D eigenvalue weighted by molar-refractivity contribution is 5.78. The van der Waals surface area contributed by atoms with Gasteiger partial charge in [-0.25, -0.2) is 4.98 Å². The number of hydrogen-bond donors (Lipinski definition) is 0. The molecule has 0 spiro atoms. The summed E-state index contributed by atoms with van der Waals surface area (Å²) < 4.78 is 10.5. The summed E-state index contributed by atoms with van der Waals surface area (Å²) in [5.74, 6) is 0.614. The molecule has 5 nitrogen and oxygen atoms in total. The van der Waals surface area contributed by atoms with E-state index in [1.165, 1.54) is 0 Å². The Kier molecular flexibility index (Phi) is 2.98. The summed E-state index contributed by atoms with van der Waals surface area (Å²) in [7, 11) is 1.62. The van der Waals surface area contributed by atoms with Gasteiger partial charge in [0.05, 0.1) is 43.2 Å². The largest absolute Gasteiger partial charge is 0.481 e. The summed E-state index contributed by atoms with van der Waals surface area (Å²) in [5, 5.41) is 0. The molecule has 0 aliphatic carbocycles. The van der Waals surface area contributed by atoms with Crippen LogP contribution in [0.1, 0.15) is 0 Å². The Hall–Kier alpha value is -1.88. The lowest BCUT2D eigenvalue weighted by atomic mass is 10.2. The first-order valence-corrected chi connectivity index (χ1v) is 6.00. The lowest BCUT2D eigenvalue weighted by Crippen LogP contribution is -2.36. The van der Waals surface area contributed by atoms with Crippen LogP contribution >= 0.6 is 0 Å². The quantitative estimate of drug-likeness (QED) is 0.802. The van der Waals surface area contributed by atoms with Crippen molar-refractivity contribution >= 4 is 16.7 Å². The number of nitrogens with zero attached hydrogens (tertiary/aromatic N) is 3. The minimum atomic E-state index is 0.614. The molecule has 0 atom stereocenters. The number of fused-ring (bicyclic) bond motifs is 1. The van der Waals surface area contributed by atoms with E-state index in [4.69, 9.17) is 9.47 Å². The van der Waals surface area contributed by atoms with E-state index in [1.807, 2.05) is 18.3 Å². The van der Waals surface area contributed by atoms with Gasteiger partial charge in [0, 0.05) is 19.2 Å². The van der Waals surface area contributed by atoms with E-state index in [-0.39, 0.29) is 0 Å². The summed E-state index contributed by atoms with van der Waals surface area (Å²) >= 11 is 0. The second-order valence-corrected chi connectivity index (χ2v) is 4.18. The maximum absolute atomic E-state index is 5.35. The molecule has 2 aromatic rings. The Morgan fingerprint density at radius 1 is 1.22 bits per heavy atom. The van der Waals surface area contributed by atoms with E-state index < -0.39 is 0 Å². The minimum absolute atomic E-state index is 0.614. The third-order valence-electron chi connectivity index (χ3n) is 3.08. The van der Waals surface area contributed by atoms with Crippen LogP contribution in [0.25, 0.3) is 11.0 Å². The van der Waals surface area contributed by atoms with Gasteiger partial charge in [0.25, 0.3) is 0 Å². The molecule has 1 saturated heterocycles. The van der Waals surface area contributed by atoms with Crippen LogP contribution in [-0.4, -0.2) is 43.4 Å². The highest BCUT2D eigenvalue weighted by Gasteiger charge is 2.12. The van der Waals surface area contributed by atoms with Gasteiger partial charge in [0.1, 0.15) is 0 Å². The zero-order valence-corrected chi connectivity index (χ0v) is 10.3. The van der Waals surface area contributed by atoms with Gasteiger partial charge in [-0.05, 0) is 12.1 Å². The number of morpholine rings is 1. The monoisotopic (exact) mass is 245 g/mol. The zero-order valence-electron chi connectivity index (χ0n) is 10.3. The lowest BCUT2D eigenvalue weighted by Gasteiger charge is -2.28. The molecular formula is C13H15N3O2. The van der Waals surface area contributed by atoms with Crippen LogP contribution in [0.2, 0.25) is 0 Å². The molecule has 3 heterocycles. The highest BCUT2D eigenvalue weighted by atomic mass is 16.5. The molecule has 0 amide bonds. The van der Waals surface area contributed by atoms with E-state index in [9.17, 15) is 0 Å². The third kappa shape index (κ3) is 2.09. The number of anilines is 1. The summed E-state index contributed by atoms with van der Waals surface area (Å²) in [5.41, 5.74) is 2.83. The second-order valence-electron chi connectivity index (χ2n) is 4.18. The Balaban J connectivity index is 1.97. The van der Waals surface area contributed by atoms with Crippen LogP contribution in [0, 0.1) is 0 Å². The van der Waals surface area contributed by atoms with E-state index >= 15 is 0 Å². The summed E-state index contributed by atoms with van der Waals surface area (Å²) in [6.07, 6.45) is 1.89. The standard InChI is InChI=1S/C13H15N3O2/c1-17-13-3-2-11-12(15-13)8-10(9-14-11)16-4-6-18-7-5-16/h2-3,8-9H,4-7H2,1H3. The van der Waals surface area contributed by atoms with Gasteiger partial charge < -0.3 is 14.4 Å². The average Bonchev–Trinajstić information content (AvgIpc) is 2.47. The van der Waals surface area contributed by atoms with Crippen LogP contribution < -0.4 is 9.64 Å². The van der Waals surface area contributed by atoms with Gasteiger partial charge in [-0.1, -0.05) is 0 Å². The molecular weight excluding hydrogens is 230 g/mol. The van der Waals surface area contributed by atoms with Gasteiger partial charge in [-0.3, -0.25) is 4.98 Å². The summed E-state index contributed by atoms with van der Waals surface area (Å²) in [6.45, 7) is 3.33. The van der Waals surface area contributed by atoms with Crippen molar-refractivity contribution in [2.24, 2.45) is 0 Å². The lowest BCUT2D eigenvalue weighted by molar-refractivity contribution is 0.122. The van der Waals surface area contributed by atoms with Crippen molar-refractivity contribution in [3.63, 3.8) is 0 Å². The number of hydrogen-bond acceptors (Lipinski definition) is 5. The molecule has 0 aromatic carbocycles. The van der Waals surface area contributed by atoms with E-state index in [2.05, 4.69) is 20.9 Å². The SMILES string of the molecule is COc1ccc2ncc(N3CCOCC3)cc2n1. The summed E-state index contributed by atoms with van der Waals surface area (Å²) in [4.78, 5) is 11.1. The molecule has 3 rings (SSSR count). The third-order valence-corrected chi connectivity index (χ3v) is 3.08. The fraction of sp³-hybridized carbons (Fsp3) is 0.385. The number of rotatable bonds is 2. The average molecular weight is 245 g/mol. The zero-order chi connectivity index (χ0) is 12.4. The van der Waals surface area contributed by atoms with Crippen LogP contribution in [0.3, 0.4) is 0 Å². The van der Waals surface area contributed by atoms with Gasteiger partial charge in [-0.2, -0.15) is 0 Å². The molecule has 0 radical (unpaired) electrons. The van der Waals surface area contributed by atoms with Crippen molar-refractivity contribution < 1.29 is 9.47 Å². The van der Waals surface area contributed by atoms with Gasteiger partial charge >= 0.3 is 0 Å². The maximum atomic E-state index is 5.35. The first-order valence-electron chi connectivity index (χ1n) is 6.00. The predicted molar refractivity (Wildman–Crippen MR) is 69.1 cm³/mol. The molecule has 2 aromatic heterocycles. The number of aromatic nitrogens is 2. The van der Waals surface area contributed by atoms with Crippen molar-refractivity contribution in [2.45, 2.75) is 0 Å². The smallest absolute Gasteiger partial charge is 0.213 e. The van der Waals surface area contributed by atoms with E-state index in [0.717, 1.165) is 43.0 Å². The van der Waals surface area contributed by atoms with Crippen molar-refractivity contribution in [1.29, 1.82) is 0 Å².